The molecule has 2 rings (SSSR count). The standard InChI is InChI=1S/C13H13NO2S/c1-2-16-11-7-5-10(6-8-11)14-13(15)12-4-3-9-17-12/h3-9H,2H2,1H3,(H,14,15). The number of ether oxygens (including phenoxy) is 1. The van der Waals surface area contributed by atoms with Gasteiger partial charge in [0.25, 0.3) is 5.91 Å². The summed E-state index contributed by atoms with van der Waals surface area (Å²) >= 11 is 1.42. The molecule has 2 aromatic rings. The van der Waals surface area contributed by atoms with Gasteiger partial charge in [-0.25, -0.2) is 0 Å². The van der Waals surface area contributed by atoms with Crippen LogP contribution in [0.3, 0.4) is 0 Å². The highest BCUT2D eigenvalue weighted by Gasteiger charge is 2.06. The number of hydrogen-bond donors (Lipinski definition) is 1. The summed E-state index contributed by atoms with van der Waals surface area (Å²) in [4.78, 5) is 12.5. The van der Waals surface area contributed by atoms with Crippen LogP contribution in [0.2, 0.25) is 0 Å². The minimum atomic E-state index is -0.0795. The molecule has 3 nitrogen and oxygen atoms in total. The molecule has 1 aromatic carbocycles. The highest BCUT2D eigenvalue weighted by Crippen LogP contribution is 2.17. The average Bonchev–Trinajstić information content (AvgIpc) is 2.86. The van der Waals surface area contributed by atoms with Crippen molar-refractivity contribution in [1.29, 1.82) is 0 Å². The van der Waals surface area contributed by atoms with Crippen molar-refractivity contribution in [3.63, 3.8) is 0 Å². The summed E-state index contributed by atoms with van der Waals surface area (Å²) in [7, 11) is 0. The smallest absolute Gasteiger partial charge is 0.265 e. The van der Waals surface area contributed by atoms with E-state index in [2.05, 4.69) is 5.32 Å². The Labute approximate surface area is 104 Å². The second kappa shape index (κ2) is 5.50. The first-order valence-corrected chi connectivity index (χ1v) is 6.25. The monoisotopic (exact) mass is 247 g/mol. The lowest BCUT2D eigenvalue weighted by Crippen LogP contribution is -2.09. The van der Waals surface area contributed by atoms with E-state index in [-0.39, 0.29) is 5.91 Å². The minimum Gasteiger partial charge on any atom is -0.494 e. The quantitative estimate of drug-likeness (QED) is 0.899. The molecule has 0 spiro atoms. The van der Waals surface area contributed by atoms with Gasteiger partial charge in [-0.15, -0.1) is 11.3 Å². The zero-order valence-electron chi connectivity index (χ0n) is 9.47. The lowest BCUT2D eigenvalue weighted by Gasteiger charge is -2.06. The Balaban J connectivity index is 2.01. The van der Waals surface area contributed by atoms with E-state index in [9.17, 15) is 4.79 Å². The molecule has 0 aliphatic heterocycles. The molecular formula is C13H13NO2S. The van der Waals surface area contributed by atoms with Crippen LogP contribution >= 0.6 is 11.3 Å². The third-order valence-electron chi connectivity index (χ3n) is 2.17. The molecule has 0 bridgehead atoms. The van der Waals surface area contributed by atoms with E-state index in [1.165, 1.54) is 11.3 Å². The molecule has 0 atom stereocenters. The molecule has 0 aliphatic carbocycles. The van der Waals surface area contributed by atoms with E-state index in [0.29, 0.717) is 11.5 Å². The van der Waals surface area contributed by atoms with Gasteiger partial charge in [-0.05, 0) is 42.6 Å². The summed E-state index contributed by atoms with van der Waals surface area (Å²) in [6, 6.07) is 11.0. The van der Waals surface area contributed by atoms with Gasteiger partial charge in [0.15, 0.2) is 0 Å². The van der Waals surface area contributed by atoms with E-state index in [0.717, 1.165) is 11.4 Å². The van der Waals surface area contributed by atoms with Gasteiger partial charge in [0.1, 0.15) is 5.75 Å². The molecule has 0 saturated carbocycles. The van der Waals surface area contributed by atoms with E-state index >= 15 is 0 Å². The van der Waals surface area contributed by atoms with E-state index in [4.69, 9.17) is 4.74 Å². The lowest BCUT2D eigenvalue weighted by atomic mass is 10.3. The van der Waals surface area contributed by atoms with Gasteiger partial charge >= 0.3 is 0 Å². The summed E-state index contributed by atoms with van der Waals surface area (Å²) in [6.07, 6.45) is 0. The molecule has 1 amide bonds. The van der Waals surface area contributed by atoms with Gasteiger partial charge in [-0.3, -0.25) is 4.79 Å². The fraction of sp³-hybridized carbons (Fsp3) is 0.154. The van der Waals surface area contributed by atoms with Gasteiger partial charge in [0, 0.05) is 5.69 Å². The SMILES string of the molecule is CCOc1ccc(NC(=O)c2cccs2)cc1. The Morgan fingerprint density at radius 2 is 2.06 bits per heavy atom. The van der Waals surface area contributed by atoms with Crippen molar-refractivity contribution >= 4 is 22.9 Å². The summed E-state index contributed by atoms with van der Waals surface area (Å²) in [6.45, 7) is 2.58. The van der Waals surface area contributed by atoms with Gasteiger partial charge in [-0.2, -0.15) is 0 Å². The van der Waals surface area contributed by atoms with Crippen molar-refractivity contribution in [1.82, 2.24) is 0 Å². The fourth-order valence-corrected chi connectivity index (χ4v) is 2.02. The second-order valence-electron chi connectivity index (χ2n) is 3.39. The van der Waals surface area contributed by atoms with Gasteiger partial charge in [-0.1, -0.05) is 6.07 Å². The number of carbonyl (C=O) groups excluding carboxylic acids is 1. The summed E-state index contributed by atoms with van der Waals surface area (Å²) in [5.74, 6) is 0.728. The van der Waals surface area contributed by atoms with Crippen LogP contribution in [0.25, 0.3) is 0 Å². The van der Waals surface area contributed by atoms with Gasteiger partial charge in [0.05, 0.1) is 11.5 Å². The third kappa shape index (κ3) is 3.07. The summed E-state index contributed by atoms with van der Waals surface area (Å²) in [5, 5.41) is 4.71. The molecule has 1 N–H and O–H groups in total. The number of amides is 1. The summed E-state index contributed by atoms with van der Waals surface area (Å²) in [5.41, 5.74) is 0.770. The van der Waals surface area contributed by atoms with Crippen LogP contribution in [0.15, 0.2) is 41.8 Å². The maximum atomic E-state index is 11.8. The summed E-state index contributed by atoms with van der Waals surface area (Å²) < 4.78 is 5.33. The van der Waals surface area contributed by atoms with Crippen LogP contribution in [0.5, 0.6) is 5.75 Å². The average molecular weight is 247 g/mol. The number of thiophene rings is 1. The Bertz CT molecular complexity index is 477. The number of carbonyl (C=O) groups is 1. The molecule has 88 valence electrons. The molecule has 17 heavy (non-hydrogen) atoms. The Morgan fingerprint density at radius 3 is 2.65 bits per heavy atom. The van der Waals surface area contributed by atoms with Crippen molar-refractivity contribution in [2.75, 3.05) is 11.9 Å². The first-order valence-electron chi connectivity index (χ1n) is 5.37. The number of anilines is 1. The maximum Gasteiger partial charge on any atom is 0.265 e. The molecule has 0 saturated heterocycles. The van der Waals surface area contributed by atoms with Crippen LogP contribution in [0.4, 0.5) is 5.69 Å². The predicted octanol–water partition coefficient (Wildman–Crippen LogP) is 3.40. The normalized spacial score (nSPS) is 9.94. The number of benzene rings is 1. The highest BCUT2D eigenvalue weighted by molar-refractivity contribution is 7.12. The first kappa shape index (κ1) is 11.7. The molecule has 0 fully saturated rings. The van der Waals surface area contributed by atoms with Crippen LogP contribution in [-0.4, -0.2) is 12.5 Å². The number of nitrogens with one attached hydrogen (secondary N) is 1. The first-order chi connectivity index (χ1) is 8.29. The lowest BCUT2D eigenvalue weighted by molar-refractivity contribution is 0.103. The minimum absolute atomic E-state index is 0.0795. The van der Waals surface area contributed by atoms with Crippen LogP contribution in [-0.2, 0) is 0 Å². The zero-order valence-corrected chi connectivity index (χ0v) is 10.3. The Kier molecular flexibility index (Phi) is 3.77. The zero-order chi connectivity index (χ0) is 12.1. The molecule has 0 aliphatic rings. The van der Waals surface area contributed by atoms with Crippen LogP contribution < -0.4 is 10.1 Å². The Morgan fingerprint density at radius 1 is 1.29 bits per heavy atom. The van der Waals surface area contributed by atoms with E-state index < -0.39 is 0 Å². The molecule has 4 heteroatoms. The molecule has 1 aromatic heterocycles. The molecular weight excluding hydrogens is 234 g/mol. The van der Waals surface area contributed by atoms with E-state index in [1.807, 2.05) is 42.6 Å². The highest BCUT2D eigenvalue weighted by atomic mass is 32.1. The molecule has 0 unspecified atom stereocenters. The van der Waals surface area contributed by atoms with Gasteiger partial charge in [0.2, 0.25) is 0 Å². The van der Waals surface area contributed by atoms with Crippen molar-refractivity contribution in [2.45, 2.75) is 6.92 Å². The Hall–Kier alpha value is -1.81. The largest absolute Gasteiger partial charge is 0.494 e. The van der Waals surface area contributed by atoms with Gasteiger partial charge < -0.3 is 10.1 Å². The molecule has 0 radical (unpaired) electrons. The van der Waals surface area contributed by atoms with Crippen molar-refractivity contribution in [3.8, 4) is 5.75 Å². The molecule has 1 heterocycles. The number of hydrogen-bond acceptors (Lipinski definition) is 3. The number of rotatable bonds is 4. The van der Waals surface area contributed by atoms with Crippen molar-refractivity contribution in [2.24, 2.45) is 0 Å². The fourth-order valence-electron chi connectivity index (χ4n) is 1.40. The predicted molar refractivity (Wildman–Crippen MR) is 69.9 cm³/mol. The van der Waals surface area contributed by atoms with Crippen LogP contribution in [0.1, 0.15) is 16.6 Å². The van der Waals surface area contributed by atoms with Crippen LogP contribution in [0, 0.1) is 0 Å². The topological polar surface area (TPSA) is 38.3 Å². The van der Waals surface area contributed by atoms with Crippen molar-refractivity contribution in [3.05, 3.63) is 46.7 Å². The second-order valence-corrected chi connectivity index (χ2v) is 4.34. The third-order valence-corrected chi connectivity index (χ3v) is 3.04. The maximum absolute atomic E-state index is 11.8. The van der Waals surface area contributed by atoms with Crippen molar-refractivity contribution < 1.29 is 9.53 Å². The van der Waals surface area contributed by atoms with E-state index in [1.54, 1.807) is 6.07 Å².